The summed E-state index contributed by atoms with van der Waals surface area (Å²) in [6.45, 7) is 4.31. The maximum absolute atomic E-state index is 13.3. The predicted octanol–water partition coefficient (Wildman–Crippen LogP) is 6.41. The number of ketones is 1. The zero-order valence-electron chi connectivity index (χ0n) is 16.8. The van der Waals surface area contributed by atoms with Gasteiger partial charge in [-0.25, -0.2) is 9.97 Å². The molecule has 0 spiro atoms. The number of Topliss-reactive ketones (excluding diaryl/α,β-unsaturated/α-hetero) is 1. The number of aromatic nitrogens is 2. The quantitative estimate of drug-likeness (QED) is 0.593. The maximum atomic E-state index is 13.3. The Hall–Kier alpha value is -2.81. The molecule has 0 radical (unpaired) electrons. The third-order valence-electron chi connectivity index (χ3n) is 6.39. The Labute approximate surface area is 172 Å². The zero-order valence-corrected chi connectivity index (χ0v) is 16.8. The highest BCUT2D eigenvalue weighted by Gasteiger charge is 2.31. The monoisotopic (exact) mass is 382 g/mol. The fourth-order valence-corrected chi connectivity index (χ4v) is 4.77. The van der Waals surface area contributed by atoms with Crippen molar-refractivity contribution in [3.8, 4) is 0 Å². The van der Waals surface area contributed by atoms with Gasteiger partial charge in [0.05, 0.1) is 11.4 Å². The molecule has 0 amide bonds. The summed E-state index contributed by atoms with van der Waals surface area (Å²) in [5.41, 5.74) is 8.26. The van der Waals surface area contributed by atoms with E-state index in [1.807, 2.05) is 18.2 Å². The Bertz CT molecular complexity index is 1050. The topological polar surface area (TPSA) is 42.9 Å². The Morgan fingerprint density at radius 3 is 2.03 bits per heavy atom. The molecule has 4 aliphatic carbocycles. The summed E-state index contributed by atoms with van der Waals surface area (Å²) in [7, 11) is 0. The Morgan fingerprint density at radius 1 is 0.828 bits per heavy atom. The van der Waals surface area contributed by atoms with Crippen LogP contribution in [0.3, 0.4) is 0 Å². The molecule has 1 aromatic rings. The summed E-state index contributed by atoms with van der Waals surface area (Å²) in [6.07, 6.45) is 22.5. The lowest BCUT2D eigenvalue weighted by Gasteiger charge is -2.21. The van der Waals surface area contributed by atoms with Crippen LogP contribution in [0.4, 0.5) is 0 Å². The van der Waals surface area contributed by atoms with E-state index in [9.17, 15) is 4.79 Å². The van der Waals surface area contributed by atoms with E-state index in [0.717, 1.165) is 48.2 Å². The van der Waals surface area contributed by atoms with Crippen molar-refractivity contribution in [3.63, 3.8) is 0 Å². The van der Waals surface area contributed by atoms with E-state index in [1.54, 1.807) is 0 Å². The van der Waals surface area contributed by atoms with Crippen LogP contribution in [0.1, 0.15) is 85.4 Å². The number of allylic oxidation sites excluding steroid dienone is 9. The number of nitrogens with zero attached hydrogens (tertiary/aromatic N) is 2. The number of rotatable bonds is 2. The Balaban J connectivity index is 1.66. The lowest BCUT2D eigenvalue weighted by atomic mass is 9.85. The molecule has 0 atom stereocenters. The molecule has 1 aromatic heterocycles. The van der Waals surface area contributed by atoms with Gasteiger partial charge in [-0.3, -0.25) is 4.79 Å². The molecule has 0 bridgehead atoms. The lowest BCUT2D eigenvalue weighted by molar-refractivity contribution is 0.103. The van der Waals surface area contributed by atoms with Gasteiger partial charge in [0.25, 0.3) is 0 Å². The van der Waals surface area contributed by atoms with Crippen molar-refractivity contribution in [2.24, 2.45) is 0 Å². The summed E-state index contributed by atoms with van der Waals surface area (Å²) in [6, 6.07) is 0. The third kappa shape index (κ3) is 3.39. The first-order valence-electron chi connectivity index (χ1n) is 10.8. The molecular formula is C26H26N2O. The van der Waals surface area contributed by atoms with E-state index >= 15 is 0 Å². The van der Waals surface area contributed by atoms with Crippen LogP contribution in [0, 0.1) is 0 Å². The van der Waals surface area contributed by atoms with E-state index in [4.69, 9.17) is 9.97 Å². The van der Waals surface area contributed by atoms with Gasteiger partial charge in [0.2, 0.25) is 5.78 Å². The van der Waals surface area contributed by atoms with Crippen molar-refractivity contribution >= 4 is 23.5 Å². The molecule has 2 saturated carbocycles. The van der Waals surface area contributed by atoms with Crippen LogP contribution in [0.2, 0.25) is 0 Å². The molecule has 3 nitrogen and oxygen atoms in total. The van der Waals surface area contributed by atoms with Crippen LogP contribution >= 0.6 is 0 Å². The van der Waals surface area contributed by atoms with Crippen molar-refractivity contribution in [3.05, 3.63) is 76.0 Å². The summed E-state index contributed by atoms with van der Waals surface area (Å²) >= 11 is 0. The largest absolute Gasteiger partial charge is 0.287 e. The third-order valence-corrected chi connectivity index (χ3v) is 6.39. The first-order valence-corrected chi connectivity index (χ1v) is 10.8. The molecule has 4 aliphatic rings. The van der Waals surface area contributed by atoms with Gasteiger partial charge in [-0.1, -0.05) is 42.0 Å². The SMILES string of the molecule is C=C1C2=C(C=CC=CC2)C(=O)c2nc(C=C3CCCC3)c(C=C3CCCC3)nc21. The number of fused-ring (bicyclic) bond motifs is 1. The Morgan fingerprint density at radius 2 is 1.41 bits per heavy atom. The van der Waals surface area contributed by atoms with E-state index in [1.165, 1.54) is 36.8 Å². The highest BCUT2D eigenvalue weighted by Crippen LogP contribution is 2.37. The van der Waals surface area contributed by atoms with Crippen molar-refractivity contribution < 1.29 is 4.79 Å². The van der Waals surface area contributed by atoms with Crippen molar-refractivity contribution in [2.75, 3.05) is 0 Å². The minimum Gasteiger partial charge on any atom is -0.287 e. The molecule has 2 fully saturated rings. The van der Waals surface area contributed by atoms with Gasteiger partial charge < -0.3 is 0 Å². The van der Waals surface area contributed by atoms with Crippen LogP contribution in [0.5, 0.6) is 0 Å². The predicted molar refractivity (Wildman–Crippen MR) is 118 cm³/mol. The van der Waals surface area contributed by atoms with Crippen LogP contribution < -0.4 is 0 Å². The number of carbonyl (C=O) groups excluding carboxylic acids is 1. The summed E-state index contributed by atoms with van der Waals surface area (Å²) < 4.78 is 0. The molecule has 5 rings (SSSR count). The highest BCUT2D eigenvalue weighted by molar-refractivity contribution is 6.17. The average molecular weight is 383 g/mol. The normalized spacial score (nSPS) is 20.8. The molecule has 0 N–H and O–H groups in total. The van der Waals surface area contributed by atoms with Gasteiger partial charge in [0.15, 0.2) is 0 Å². The molecule has 29 heavy (non-hydrogen) atoms. The number of hydrogen-bond donors (Lipinski definition) is 0. The van der Waals surface area contributed by atoms with Crippen molar-refractivity contribution in [2.45, 2.75) is 57.8 Å². The lowest BCUT2D eigenvalue weighted by Crippen LogP contribution is -2.19. The molecule has 0 aromatic carbocycles. The van der Waals surface area contributed by atoms with E-state index in [2.05, 4.69) is 24.8 Å². The second-order valence-corrected chi connectivity index (χ2v) is 8.40. The van der Waals surface area contributed by atoms with Crippen molar-refractivity contribution in [1.29, 1.82) is 0 Å². The highest BCUT2D eigenvalue weighted by atomic mass is 16.1. The van der Waals surface area contributed by atoms with Crippen LogP contribution in [0.15, 0.2) is 53.2 Å². The smallest absolute Gasteiger partial charge is 0.213 e. The first kappa shape index (κ1) is 18.2. The van der Waals surface area contributed by atoms with E-state index in [0.29, 0.717) is 23.4 Å². The fourth-order valence-electron chi connectivity index (χ4n) is 4.77. The molecule has 0 saturated heterocycles. The van der Waals surface area contributed by atoms with E-state index in [-0.39, 0.29) is 5.78 Å². The average Bonchev–Trinajstić information content (AvgIpc) is 3.36. The summed E-state index contributed by atoms with van der Waals surface area (Å²) in [5.74, 6) is -0.0269. The second-order valence-electron chi connectivity index (χ2n) is 8.40. The minimum absolute atomic E-state index is 0.0269. The molecule has 0 aliphatic heterocycles. The van der Waals surface area contributed by atoms with Gasteiger partial charge in [0.1, 0.15) is 11.4 Å². The molecular weight excluding hydrogens is 356 g/mol. The van der Waals surface area contributed by atoms with Gasteiger partial charge >= 0.3 is 0 Å². The number of hydrogen-bond acceptors (Lipinski definition) is 3. The molecule has 0 unspecified atom stereocenters. The first-order chi connectivity index (χ1) is 14.2. The maximum Gasteiger partial charge on any atom is 0.213 e. The number of carbonyl (C=O) groups is 1. The zero-order chi connectivity index (χ0) is 19.8. The molecule has 1 heterocycles. The standard InChI is InChI=1S/C26H26N2O/c1-17-20-13-3-2-4-14-21(20)26(29)25-24(17)27-22(15-18-9-5-6-10-18)23(28-25)16-19-11-7-8-12-19/h2-4,14-16H,1,5-13H2. The van der Waals surface area contributed by atoms with Gasteiger partial charge in [0, 0.05) is 5.57 Å². The van der Waals surface area contributed by atoms with Crippen molar-refractivity contribution in [1.82, 2.24) is 9.97 Å². The van der Waals surface area contributed by atoms with Gasteiger partial charge in [-0.2, -0.15) is 0 Å². The molecule has 3 heteroatoms. The van der Waals surface area contributed by atoms with Gasteiger partial charge in [-0.05, 0) is 81.1 Å². The summed E-state index contributed by atoms with van der Waals surface area (Å²) in [4.78, 5) is 23.2. The molecule has 146 valence electrons. The second kappa shape index (κ2) is 7.55. The van der Waals surface area contributed by atoms with Crippen LogP contribution in [-0.2, 0) is 0 Å². The summed E-state index contributed by atoms with van der Waals surface area (Å²) in [5, 5.41) is 0. The van der Waals surface area contributed by atoms with Gasteiger partial charge in [-0.15, -0.1) is 0 Å². The van der Waals surface area contributed by atoms with E-state index < -0.39 is 0 Å². The van der Waals surface area contributed by atoms with Crippen LogP contribution in [-0.4, -0.2) is 15.8 Å². The van der Waals surface area contributed by atoms with Crippen LogP contribution in [0.25, 0.3) is 17.7 Å². The Kier molecular flexibility index (Phi) is 4.75. The minimum atomic E-state index is -0.0269. The fraction of sp³-hybridized carbons (Fsp3) is 0.346.